The molecule has 2 aliphatic heterocycles. The molecule has 2 aromatic rings. The van der Waals surface area contributed by atoms with Crippen molar-refractivity contribution in [3.05, 3.63) is 29.6 Å². The topological polar surface area (TPSA) is 102 Å². The van der Waals surface area contributed by atoms with Gasteiger partial charge >= 0.3 is 6.03 Å². The maximum Gasteiger partial charge on any atom is 0.317 e. The van der Waals surface area contributed by atoms with Crippen molar-refractivity contribution in [1.29, 1.82) is 0 Å². The highest BCUT2D eigenvalue weighted by Crippen LogP contribution is 2.38. The van der Waals surface area contributed by atoms with E-state index < -0.39 is 0 Å². The van der Waals surface area contributed by atoms with Gasteiger partial charge in [-0.3, -0.25) is 4.79 Å². The minimum Gasteiger partial charge on any atom is -0.395 e. The second-order valence-corrected chi connectivity index (χ2v) is 8.43. The predicted octanol–water partition coefficient (Wildman–Crippen LogP) is 1.78. The third-order valence-electron chi connectivity index (χ3n) is 6.16. The maximum absolute atomic E-state index is 12.8. The van der Waals surface area contributed by atoms with Crippen LogP contribution >= 0.6 is 0 Å². The molecule has 3 N–H and O–H groups in total. The number of aliphatic hydroxyl groups excluding tert-OH is 1. The number of piperidine rings is 2. The van der Waals surface area contributed by atoms with Crippen LogP contribution in [0.5, 0.6) is 0 Å². The number of urea groups is 1. The molecule has 156 valence electrons. The molecule has 0 radical (unpaired) electrons. The van der Waals surface area contributed by atoms with Gasteiger partial charge in [0.05, 0.1) is 24.2 Å². The number of fused-ring (bicyclic) bond motifs is 1. The van der Waals surface area contributed by atoms with E-state index in [1.165, 1.54) is 0 Å². The molecule has 1 aromatic carbocycles. The SMILES string of the molecule is Cc1ccc2nc(CNC(=O)N3CCC[C@@]4(CCC(=O)N(CCO)C4)C3)[nH]c2c1. The van der Waals surface area contributed by atoms with Crippen molar-refractivity contribution < 1.29 is 14.7 Å². The van der Waals surface area contributed by atoms with Crippen LogP contribution in [0.3, 0.4) is 0 Å². The van der Waals surface area contributed by atoms with Crippen molar-refractivity contribution in [3.8, 4) is 0 Å². The number of carbonyl (C=O) groups excluding carboxylic acids is 2. The van der Waals surface area contributed by atoms with Gasteiger partial charge in [0, 0.05) is 38.0 Å². The third-order valence-corrected chi connectivity index (χ3v) is 6.16. The number of amides is 3. The van der Waals surface area contributed by atoms with Crippen molar-refractivity contribution in [2.45, 2.75) is 39.2 Å². The van der Waals surface area contributed by atoms with Crippen molar-refractivity contribution in [2.75, 3.05) is 32.8 Å². The zero-order chi connectivity index (χ0) is 20.4. The van der Waals surface area contributed by atoms with Crippen molar-refractivity contribution in [2.24, 2.45) is 5.41 Å². The van der Waals surface area contributed by atoms with E-state index in [4.69, 9.17) is 0 Å². The molecule has 1 spiro atoms. The minimum absolute atomic E-state index is 0.0248. The summed E-state index contributed by atoms with van der Waals surface area (Å²) in [7, 11) is 0. The summed E-state index contributed by atoms with van der Waals surface area (Å²) in [6, 6.07) is 5.95. The van der Waals surface area contributed by atoms with Gasteiger partial charge < -0.3 is 25.2 Å². The molecule has 2 saturated heterocycles. The fraction of sp³-hybridized carbons (Fsp3) is 0.571. The van der Waals surface area contributed by atoms with Gasteiger partial charge in [0.15, 0.2) is 0 Å². The van der Waals surface area contributed by atoms with E-state index in [2.05, 4.69) is 15.3 Å². The van der Waals surface area contributed by atoms with Crippen LogP contribution in [-0.4, -0.2) is 69.6 Å². The summed E-state index contributed by atoms with van der Waals surface area (Å²) in [5.41, 5.74) is 2.97. The van der Waals surface area contributed by atoms with Gasteiger partial charge in [-0.25, -0.2) is 9.78 Å². The van der Waals surface area contributed by atoms with Crippen LogP contribution in [0, 0.1) is 12.3 Å². The van der Waals surface area contributed by atoms with E-state index in [0.717, 1.165) is 48.2 Å². The number of aliphatic hydroxyl groups is 1. The largest absolute Gasteiger partial charge is 0.395 e. The van der Waals surface area contributed by atoms with Crippen LogP contribution < -0.4 is 5.32 Å². The number of H-pyrrole nitrogens is 1. The Bertz CT molecular complexity index is 911. The monoisotopic (exact) mass is 399 g/mol. The normalized spacial score (nSPS) is 22.5. The van der Waals surface area contributed by atoms with Gasteiger partial charge in [0.1, 0.15) is 5.82 Å². The first kappa shape index (κ1) is 19.7. The smallest absolute Gasteiger partial charge is 0.317 e. The van der Waals surface area contributed by atoms with Crippen LogP contribution in [-0.2, 0) is 11.3 Å². The highest BCUT2D eigenvalue weighted by atomic mass is 16.3. The fourth-order valence-electron chi connectivity index (χ4n) is 4.67. The molecule has 1 atom stereocenters. The van der Waals surface area contributed by atoms with Gasteiger partial charge in [-0.1, -0.05) is 6.07 Å². The summed E-state index contributed by atoms with van der Waals surface area (Å²) in [5, 5.41) is 12.2. The molecule has 1 aromatic heterocycles. The number of aromatic nitrogens is 2. The molecule has 0 bridgehead atoms. The molecule has 0 saturated carbocycles. The van der Waals surface area contributed by atoms with Gasteiger partial charge in [0.25, 0.3) is 0 Å². The average Bonchev–Trinajstić information content (AvgIpc) is 3.11. The Kier molecular flexibility index (Phi) is 5.45. The lowest BCUT2D eigenvalue weighted by Gasteiger charge is -2.48. The lowest BCUT2D eigenvalue weighted by atomic mass is 9.73. The lowest BCUT2D eigenvalue weighted by molar-refractivity contribution is -0.139. The number of β-amino-alcohol motifs (C(OH)–C–C–N with tert-alkyl or cyclic N) is 1. The van der Waals surface area contributed by atoms with E-state index >= 15 is 0 Å². The number of nitrogens with zero attached hydrogens (tertiary/aromatic N) is 3. The highest BCUT2D eigenvalue weighted by molar-refractivity contribution is 5.78. The van der Waals surface area contributed by atoms with Crippen LogP contribution in [0.4, 0.5) is 4.79 Å². The summed E-state index contributed by atoms with van der Waals surface area (Å²) < 4.78 is 0. The van der Waals surface area contributed by atoms with E-state index in [-0.39, 0.29) is 24.0 Å². The first-order valence-corrected chi connectivity index (χ1v) is 10.3. The van der Waals surface area contributed by atoms with Crippen molar-refractivity contribution >= 4 is 23.0 Å². The van der Waals surface area contributed by atoms with Crippen LogP contribution in [0.1, 0.15) is 37.1 Å². The average molecular weight is 399 g/mol. The van der Waals surface area contributed by atoms with Crippen molar-refractivity contribution in [1.82, 2.24) is 25.1 Å². The Morgan fingerprint density at radius 2 is 2.21 bits per heavy atom. The minimum atomic E-state index is -0.0914. The maximum atomic E-state index is 12.8. The molecular weight excluding hydrogens is 370 g/mol. The Morgan fingerprint density at radius 3 is 3.03 bits per heavy atom. The number of nitrogens with one attached hydrogen (secondary N) is 2. The number of aromatic amines is 1. The van der Waals surface area contributed by atoms with E-state index in [9.17, 15) is 14.7 Å². The zero-order valence-electron chi connectivity index (χ0n) is 16.9. The molecule has 2 fully saturated rings. The molecule has 0 unspecified atom stereocenters. The number of hydrogen-bond donors (Lipinski definition) is 3. The van der Waals surface area contributed by atoms with Gasteiger partial charge in [-0.2, -0.15) is 0 Å². The van der Waals surface area contributed by atoms with E-state index in [1.54, 1.807) is 4.90 Å². The molecule has 3 amide bonds. The summed E-state index contributed by atoms with van der Waals surface area (Å²) in [5.74, 6) is 0.842. The molecule has 4 rings (SSSR count). The molecule has 2 aliphatic rings. The molecular formula is C21H29N5O3. The van der Waals surface area contributed by atoms with Crippen LogP contribution in [0.2, 0.25) is 0 Å². The summed E-state index contributed by atoms with van der Waals surface area (Å²) in [6.07, 6.45) is 3.24. The summed E-state index contributed by atoms with van der Waals surface area (Å²) in [4.78, 5) is 36.3. The van der Waals surface area contributed by atoms with Gasteiger partial charge in [0.2, 0.25) is 5.91 Å². The lowest BCUT2D eigenvalue weighted by Crippen LogP contribution is -2.56. The Balaban J connectivity index is 1.37. The predicted molar refractivity (Wildman–Crippen MR) is 109 cm³/mol. The zero-order valence-corrected chi connectivity index (χ0v) is 16.9. The number of hydrogen-bond acceptors (Lipinski definition) is 4. The van der Waals surface area contributed by atoms with E-state index in [1.807, 2.05) is 30.0 Å². The second kappa shape index (κ2) is 8.02. The summed E-state index contributed by atoms with van der Waals surface area (Å²) in [6.45, 7) is 4.73. The number of carbonyl (C=O) groups is 2. The number of benzene rings is 1. The third kappa shape index (κ3) is 4.22. The second-order valence-electron chi connectivity index (χ2n) is 8.43. The Morgan fingerprint density at radius 1 is 1.34 bits per heavy atom. The Hall–Kier alpha value is -2.61. The molecule has 0 aliphatic carbocycles. The number of likely N-dealkylation sites (tertiary alicyclic amines) is 2. The molecule has 8 heteroatoms. The molecule has 8 nitrogen and oxygen atoms in total. The highest BCUT2D eigenvalue weighted by Gasteiger charge is 2.42. The molecule has 29 heavy (non-hydrogen) atoms. The van der Waals surface area contributed by atoms with Crippen molar-refractivity contribution in [3.63, 3.8) is 0 Å². The first-order chi connectivity index (χ1) is 14.0. The fourth-order valence-corrected chi connectivity index (χ4v) is 4.67. The van der Waals surface area contributed by atoms with E-state index in [0.29, 0.717) is 32.6 Å². The van der Waals surface area contributed by atoms with Gasteiger partial charge in [-0.05, 0) is 43.9 Å². The van der Waals surface area contributed by atoms with Crippen LogP contribution in [0.25, 0.3) is 11.0 Å². The Labute approximate surface area is 170 Å². The number of aryl methyl sites for hydroxylation is 1. The van der Waals surface area contributed by atoms with Gasteiger partial charge in [-0.15, -0.1) is 0 Å². The number of rotatable bonds is 4. The number of imidazole rings is 1. The van der Waals surface area contributed by atoms with Crippen LogP contribution in [0.15, 0.2) is 18.2 Å². The quantitative estimate of drug-likeness (QED) is 0.729. The summed E-state index contributed by atoms with van der Waals surface area (Å²) >= 11 is 0. The standard InChI is InChI=1S/C21H29N5O3/c1-15-3-4-16-17(11-15)24-18(23-16)12-22-20(29)26-8-2-6-21(14-26)7-5-19(28)25(13-21)9-10-27/h3-4,11,27H,2,5-10,12-14H2,1H3,(H,22,29)(H,23,24)/t21-/m0/s1. The first-order valence-electron chi connectivity index (χ1n) is 10.3. The molecule has 3 heterocycles.